The Hall–Kier alpha value is -3.35. The van der Waals surface area contributed by atoms with Crippen molar-refractivity contribution in [2.45, 2.75) is 62.4 Å². The van der Waals surface area contributed by atoms with Gasteiger partial charge < -0.3 is 20.5 Å². The fourth-order valence-electron chi connectivity index (χ4n) is 5.76. The lowest BCUT2D eigenvalue weighted by atomic mass is 9.74. The van der Waals surface area contributed by atoms with E-state index in [0.29, 0.717) is 32.1 Å². The number of carbonyl (C=O) groups excluding carboxylic acids is 2. The normalized spacial score (nSPS) is 22.2. The van der Waals surface area contributed by atoms with Gasteiger partial charge in [-0.3, -0.25) is 9.59 Å². The van der Waals surface area contributed by atoms with Gasteiger partial charge >= 0.3 is 12.1 Å². The van der Waals surface area contributed by atoms with Crippen LogP contribution in [0.3, 0.4) is 0 Å². The molecule has 3 N–H and O–H groups in total. The number of hydrogen-bond donors (Lipinski definition) is 3. The number of nitrogens with one attached hydrogen (secondary N) is 2. The number of carbonyl (C=O) groups is 3. The molecule has 178 valence electrons. The molecule has 2 aromatic rings. The molecule has 5 rings (SSSR count). The van der Waals surface area contributed by atoms with Crippen molar-refractivity contribution < 1.29 is 24.2 Å². The summed E-state index contributed by atoms with van der Waals surface area (Å²) >= 11 is 0. The van der Waals surface area contributed by atoms with Crippen molar-refractivity contribution in [3.63, 3.8) is 0 Å². The number of ether oxygens (including phenoxy) is 1. The summed E-state index contributed by atoms with van der Waals surface area (Å²) in [6, 6.07) is 16.3. The maximum Gasteiger partial charge on any atom is 0.407 e. The van der Waals surface area contributed by atoms with Crippen molar-refractivity contribution in [3.8, 4) is 11.1 Å². The zero-order chi connectivity index (χ0) is 23.7. The number of carboxylic acids is 1. The second kappa shape index (κ2) is 9.12. The van der Waals surface area contributed by atoms with Crippen LogP contribution in [0.25, 0.3) is 11.1 Å². The van der Waals surface area contributed by atoms with Gasteiger partial charge in [-0.15, -0.1) is 0 Å². The molecular weight excluding hydrogens is 432 g/mol. The minimum Gasteiger partial charge on any atom is -0.481 e. The summed E-state index contributed by atoms with van der Waals surface area (Å²) in [7, 11) is 0. The van der Waals surface area contributed by atoms with E-state index in [2.05, 4.69) is 34.9 Å². The Morgan fingerprint density at radius 2 is 1.62 bits per heavy atom. The molecule has 0 aliphatic heterocycles. The van der Waals surface area contributed by atoms with Crippen molar-refractivity contribution in [1.29, 1.82) is 0 Å². The topological polar surface area (TPSA) is 105 Å². The summed E-state index contributed by atoms with van der Waals surface area (Å²) in [4.78, 5) is 36.5. The van der Waals surface area contributed by atoms with Crippen LogP contribution in [0.15, 0.2) is 48.5 Å². The van der Waals surface area contributed by atoms with Crippen LogP contribution in [0.4, 0.5) is 4.79 Å². The van der Waals surface area contributed by atoms with E-state index in [0.717, 1.165) is 6.42 Å². The fraction of sp³-hybridized carbons (Fsp3) is 0.444. The molecule has 0 aromatic heterocycles. The summed E-state index contributed by atoms with van der Waals surface area (Å²) < 4.78 is 5.63. The Morgan fingerprint density at radius 1 is 0.971 bits per heavy atom. The lowest BCUT2D eigenvalue weighted by Crippen LogP contribution is -2.56. The Labute approximate surface area is 198 Å². The first-order valence-electron chi connectivity index (χ1n) is 12.1. The Kier molecular flexibility index (Phi) is 6.02. The highest BCUT2D eigenvalue weighted by molar-refractivity contribution is 5.81. The quantitative estimate of drug-likeness (QED) is 0.572. The molecule has 7 heteroatoms. The first kappa shape index (κ1) is 22.4. The highest BCUT2D eigenvalue weighted by Gasteiger charge is 2.42. The van der Waals surface area contributed by atoms with E-state index in [1.54, 1.807) is 0 Å². The molecule has 0 bridgehead atoms. The van der Waals surface area contributed by atoms with E-state index in [4.69, 9.17) is 9.84 Å². The molecule has 3 aliphatic rings. The van der Waals surface area contributed by atoms with Gasteiger partial charge in [0, 0.05) is 17.9 Å². The molecule has 2 aromatic carbocycles. The highest BCUT2D eigenvalue weighted by atomic mass is 16.5. The summed E-state index contributed by atoms with van der Waals surface area (Å²) in [6.45, 7) is 0.258. The third-order valence-corrected chi connectivity index (χ3v) is 7.66. The minimum atomic E-state index is -0.888. The summed E-state index contributed by atoms with van der Waals surface area (Å²) in [5.41, 5.74) is 4.11. The standard InChI is InChI=1S/C27H30N2O5/c30-24(31)15-27(12-5-13-27)29-25(32)17-10-11-18(14-17)28-26(33)34-16-23-21-8-3-1-6-19(21)20-7-2-4-9-22(20)23/h1-4,6-9,17-18,23H,5,10-16H2,(H,28,33)(H,29,32)(H,30,31)/t17-,18+/m1/s1. The van der Waals surface area contributed by atoms with Gasteiger partial charge in [-0.25, -0.2) is 4.79 Å². The molecular formula is C27H30N2O5. The van der Waals surface area contributed by atoms with E-state index in [9.17, 15) is 14.4 Å². The second-order valence-corrected chi connectivity index (χ2v) is 9.87. The van der Waals surface area contributed by atoms with Gasteiger partial charge in [0.25, 0.3) is 0 Å². The maximum atomic E-state index is 12.8. The van der Waals surface area contributed by atoms with Gasteiger partial charge in [0.2, 0.25) is 5.91 Å². The number of rotatable bonds is 7. The van der Waals surface area contributed by atoms with Crippen LogP contribution in [-0.2, 0) is 14.3 Å². The largest absolute Gasteiger partial charge is 0.481 e. The third kappa shape index (κ3) is 4.39. The number of carboxylic acid groups (broad SMARTS) is 1. The van der Waals surface area contributed by atoms with Crippen molar-refractivity contribution in [1.82, 2.24) is 10.6 Å². The van der Waals surface area contributed by atoms with Crippen LogP contribution in [0.2, 0.25) is 0 Å². The SMILES string of the molecule is O=C(O)CC1(NC(=O)[C@@H]2CC[C@H](NC(=O)OCC3c4ccccc4-c4ccccc43)C2)CCC1. The van der Waals surface area contributed by atoms with E-state index in [1.807, 2.05) is 24.3 Å². The first-order valence-corrected chi connectivity index (χ1v) is 12.1. The molecule has 0 unspecified atom stereocenters. The molecule has 7 nitrogen and oxygen atoms in total. The lowest BCUT2D eigenvalue weighted by Gasteiger charge is -2.42. The average Bonchev–Trinajstić information content (AvgIpc) is 3.39. The predicted molar refractivity (Wildman–Crippen MR) is 126 cm³/mol. The Balaban J connectivity index is 1.13. The van der Waals surface area contributed by atoms with E-state index < -0.39 is 17.6 Å². The zero-order valence-corrected chi connectivity index (χ0v) is 19.1. The number of amides is 2. The molecule has 34 heavy (non-hydrogen) atoms. The third-order valence-electron chi connectivity index (χ3n) is 7.66. The zero-order valence-electron chi connectivity index (χ0n) is 19.1. The van der Waals surface area contributed by atoms with Gasteiger partial charge in [0.15, 0.2) is 0 Å². The average molecular weight is 463 g/mol. The molecule has 0 saturated heterocycles. The van der Waals surface area contributed by atoms with Crippen LogP contribution in [0.5, 0.6) is 0 Å². The van der Waals surface area contributed by atoms with E-state index >= 15 is 0 Å². The fourth-order valence-corrected chi connectivity index (χ4v) is 5.76. The Bertz CT molecular complexity index is 1060. The molecule has 3 aliphatic carbocycles. The van der Waals surface area contributed by atoms with Gasteiger partial charge in [0.05, 0.1) is 12.0 Å². The van der Waals surface area contributed by atoms with Gasteiger partial charge in [-0.05, 0) is 60.8 Å². The van der Waals surface area contributed by atoms with Crippen molar-refractivity contribution >= 4 is 18.0 Å². The highest BCUT2D eigenvalue weighted by Crippen LogP contribution is 2.44. The Morgan fingerprint density at radius 3 is 2.21 bits per heavy atom. The maximum absolute atomic E-state index is 12.8. The van der Waals surface area contributed by atoms with Crippen LogP contribution < -0.4 is 10.6 Å². The summed E-state index contributed by atoms with van der Waals surface area (Å²) in [5, 5.41) is 15.1. The van der Waals surface area contributed by atoms with Crippen molar-refractivity contribution in [2.24, 2.45) is 5.92 Å². The van der Waals surface area contributed by atoms with Crippen molar-refractivity contribution in [2.75, 3.05) is 6.61 Å². The van der Waals surface area contributed by atoms with Crippen LogP contribution in [-0.4, -0.2) is 41.3 Å². The minimum absolute atomic E-state index is 0.00755. The van der Waals surface area contributed by atoms with Crippen LogP contribution in [0, 0.1) is 5.92 Å². The number of benzene rings is 2. The van der Waals surface area contributed by atoms with Crippen molar-refractivity contribution in [3.05, 3.63) is 59.7 Å². The van der Waals surface area contributed by atoms with Gasteiger partial charge in [0.1, 0.15) is 6.61 Å². The van der Waals surface area contributed by atoms with Crippen LogP contribution >= 0.6 is 0 Å². The van der Waals surface area contributed by atoms with E-state index in [-0.39, 0.29) is 36.8 Å². The van der Waals surface area contributed by atoms with Gasteiger partial charge in [-0.2, -0.15) is 0 Å². The molecule has 0 radical (unpaired) electrons. The lowest BCUT2D eigenvalue weighted by molar-refractivity contribution is -0.140. The number of aliphatic carboxylic acids is 1. The number of hydrogen-bond acceptors (Lipinski definition) is 4. The molecule has 0 spiro atoms. The molecule has 0 heterocycles. The smallest absolute Gasteiger partial charge is 0.407 e. The predicted octanol–water partition coefficient (Wildman–Crippen LogP) is 4.21. The summed E-state index contributed by atoms with van der Waals surface area (Å²) in [6.07, 6.45) is 3.76. The monoisotopic (exact) mass is 462 g/mol. The molecule has 2 atom stereocenters. The molecule has 2 saturated carbocycles. The number of alkyl carbamates (subject to hydrolysis) is 1. The number of fused-ring (bicyclic) bond motifs is 3. The summed E-state index contributed by atoms with van der Waals surface area (Å²) in [5.74, 6) is -1.20. The second-order valence-electron chi connectivity index (χ2n) is 9.87. The van der Waals surface area contributed by atoms with Gasteiger partial charge in [-0.1, -0.05) is 48.5 Å². The van der Waals surface area contributed by atoms with E-state index in [1.165, 1.54) is 22.3 Å². The van der Waals surface area contributed by atoms with Crippen LogP contribution in [0.1, 0.15) is 62.0 Å². The first-order chi connectivity index (χ1) is 16.4. The molecule has 2 amide bonds. The molecule has 2 fully saturated rings.